The first-order valence-corrected chi connectivity index (χ1v) is 13.9. The van der Waals surface area contributed by atoms with Crippen LogP contribution in [0, 0.1) is 78.5 Å². The van der Waals surface area contributed by atoms with E-state index in [9.17, 15) is 21.0 Å². The minimum absolute atomic E-state index is 0.00159. The number of nitrogens with zero attached hydrogens (tertiary/aromatic N) is 23. The van der Waals surface area contributed by atoms with E-state index in [2.05, 4.69) is 94.2 Å². The molecule has 23 nitrogen and oxygen atoms in total. The van der Waals surface area contributed by atoms with Crippen LogP contribution < -0.4 is 32.9 Å². The molecule has 7 rings (SSSR count). The van der Waals surface area contributed by atoms with Crippen LogP contribution in [-0.2, 0) is 0 Å². The maximum Gasteiger partial charge on any atom is 0.317 e. The molecule has 238 valence electrons. The van der Waals surface area contributed by atoms with Crippen molar-refractivity contribution in [1.82, 2.24) is 44.9 Å². The van der Waals surface area contributed by atoms with E-state index in [-0.39, 0.29) is 84.9 Å². The summed E-state index contributed by atoms with van der Waals surface area (Å²) >= 11 is 0. The van der Waals surface area contributed by atoms with Crippen LogP contribution in [0.4, 0.5) is 17.5 Å². The number of nitriles is 4. The molecule has 0 N–H and O–H groups in total. The van der Waals surface area contributed by atoms with Gasteiger partial charge in [0.05, 0.1) is 12.3 Å². The summed E-state index contributed by atoms with van der Waals surface area (Å²) in [7, 11) is 0. The summed E-state index contributed by atoms with van der Waals surface area (Å²) in [5, 5.41) is 39.4. The molecule has 3 aliphatic heterocycles. The van der Waals surface area contributed by atoms with Crippen molar-refractivity contribution in [3.05, 3.63) is 131 Å². The number of rotatable bonds is 3. The van der Waals surface area contributed by atoms with E-state index in [0.29, 0.717) is 0 Å². The van der Waals surface area contributed by atoms with Crippen LogP contribution in [0.2, 0.25) is 0 Å². The van der Waals surface area contributed by atoms with Crippen molar-refractivity contribution < 1.29 is 0 Å². The average molecular weight is 686 g/mol. The summed E-state index contributed by atoms with van der Waals surface area (Å²) in [4.78, 5) is 75.3. The number of allylic oxidation sites excluding steroid dienone is 2. The Morgan fingerprint density at radius 2 is 0.868 bits per heavy atom. The van der Waals surface area contributed by atoms with E-state index in [1.807, 2.05) is 18.2 Å². The van der Waals surface area contributed by atoms with Gasteiger partial charge in [-0.05, 0) is 6.92 Å². The minimum atomic E-state index is -0.477. The Morgan fingerprint density at radius 1 is 0.472 bits per heavy atom. The largest absolute Gasteiger partial charge is 0.370 e. The topological polar surface area (TPSA) is 303 Å². The highest BCUT2D eigenvalue weighted by molar-refractivity contribution is 5.80. The molecule has 3 aliphatic rings. The van der Waals surface area contributed by atoms with Gasteiger partial charge in [0.15, 0.2) is 51.8 Å². The maximum atomic E-state index is 10.3. The van der Waals surface area contributed by atoms with Crippen molar-refractivity contribution >= 4 is 34.3 Å². The second-order valence-corrected chi connectivity index (χ2v) is 9.81. The lowest BCUT2D eigenvalue weighted by atomic mass is 10.2. The number of fused-ring (bicyclic) bond motifs is 3. The van der Waals surface area contributed by atoms with E-state index in [1.54, 1.807) is 6.07 Å². The van der Waals surface area contributed by atoms with Crippen molar-refractivity contribution in [3.8, 4) is 24.3 Å². The van der Waals surface area contributed by atoms with Gasteiger partial charge in [0, 0.05) is 0 Å². The fourth-order valence-electron chi connectivity index (χ4n) is 4.48. The van der Waals surface area contributed by atoms with E-state index < -0.39 is 34.3 Å². The maximum absolute atomic E-state index is 10.3. The van der Waals surface area contributed by atoms with Crippen LogP contribution in [0.1, 0.15) is 34.6 Å². The zero-order valence-corrected chi connectivity index (χ0v) is 25.8. The van der Waals surface area contributed by atoms with Gasteiger partial charge in [-0.3, -0.25) is 0 Å². The predicted octanol–water partition coefficient (Wildman–Crippen LogP) is -1.27. The highest BCUT2D eigenvalue weighted by Gasteiger charge is 2.27. The van der Waals surface area contributed by atoms with Gasteiger partial charge >= 0.3 is 16.8 Å². The van der Waals surface area contributed by atoms with Gasteiger partial charge in [-0.25, -0.2) is 49.7 Å². The zero-order valence-electron chi connectivity index (χ0n) is 25.8. The molecule has 7 heterocycles. The van der Waals surface area contributed by atoms with Crippen LogP contribution in [0.3, 0.4) is 0 Å². The van der Waals surface area contributed by atoms with Gasteiger partial charge in [-0.15, -0.1) is 9.97 Å². The Kier molecular flexibility index (Phi) is 7.39. The fraction of sp³-hybridized carbons (Fsp3) is 0.0333. The molecule has 4 aromatic rings. The predicted molar refractivity (Wildman–Crippen MR) is 164 cm³/mol. The summed E-state index contributed by atoms with van der Waals surface area (Å²) < 4.78 is 0. The fourth-order valence-corrected chi connectivity index (χ4v) is 4.48. The van der Waals surface area contributed by atoms with Crippen LogP contribution in [0.5, 0.6) is 0 Å². The van der Waals surface area contributed by atoms with E-state index in [0.717, 1.165) is 0 Å². The second kappa shape index (κ2) is 12.3. The Hall–Kier alpha value is -9.81. The van der Waals surface area contributed by atoms with Crippen molar-refractivity contribution in [3.63, 3.8) is 0 Å². The Balaban J connectivity index is 1.51. The molecule has 0 bridgehead atoms. The van der Waals surface area contributed by atoms with Gasteiger partial charge in [0.25, 0.3) is 22.8 Å². The van der Waals surface area contributed by atoms with Gasteiger partial charge in [0.1, 0.15) is 35.4 Å². The SMILES string of the molecule is [C-]#[N+]/C(=C1/N=c2nc(C#N)c([N+]#[C-])nc2=N1)c1nc(C(C#N)=C2N=c3nc([N+]#[C-])c([N+]#[C-])nc3=N2)nc(/C(C#N)=C2/N=c3nc(C)c(C#N)nc3=N2)n1. The number of hydrogen-bond acceptors (Lipinski definition) is 19. The molecule has 0 spiro atoms. The molecule has 23 heteroatoms. The zero-order chi connectivity index (χ0) is 37.4. The third kappa shape index (κ3) is 5.23. The molecule has 53 heavy (non-hydrogen) atoms. The van der Waals surface area contributed by atoms with E-state index in [4.69, 9.17) is 26.3 Å². The van der Waals surface area contributed by atoms with Gasteiger partial charge < -0.3 is 14.5 Å². The Morgan fingerprint density at radius 3 is 1.30 bits per heavy atom. The summed E-state index contributed by atoms with van der Waals surface area (Å²) in [6.45, 7) is 31.4. The molecule has 4 aromatic heterocycles. The molecular formula is C30H3N23. The van der Waals surface area contributed by atoms with E-state index >= 15 is 0 Å². The van der Waals surface area contributed by atoms with E-state index in [1.165, 1.54) is 6.92 Å². The molecule has 0 saturated heterocycles. The standard InChI is InChI=1S/C30H3N23/c1-10-13(8-33)40-26-25(39-10)45-18(46-26)11(6-31)16-42-17(12(7-32)19-47-29-30(48-19)53-24(38-5)23(37-4)52-29)44-21(43-16)15(35-2)22-50-27-28(51-22)49-20(36-3)14(9-34)41-27/h1H3/b18-11-,22-15-. The minimum Gasteiger partial charge on any atom is -0.370 e. The number of aromatic nitrogens is 9. The van der Waals surface area contributed by atoms with Crippen LogP contribution in [-0.4, -0.2) is 44.9 Å². The van der Waals surface area contributed by atoms with Crippen LogP contribution in [0.15, 0.2) is 47.4 Å². The normalized spacial score (nSPS) is 14.2. The lowest BCUT2D eigenvalue weighted by Crippen LogP contribution is -2.30. The van der Waals surface area contributed by atoms with Crippen molar-refractivity contribution in [1.29, 1.82) is 21.0 Å². The summed E-state index contributed by atoms with van der Waals surface area (Å²) in [6, 6.07) is 7.41. The van der Waals surface area contributed by atoms with Crippen LogP contribution >= 0.6 is 0 Å². The van der Waals surface area contributed by atoms with Crippen molar-refractivity contribution in [2.75, 3.05) is 0 Å². The lowest BCUT2D eigenvalue weighted by molar-refractivity contribution is 0.958. The monoisotopic (exact) mass is 685 g/mol. The molecule has 0 amide bonds. The molecule has 0 fully saturated rings. The summed E-state index contributed by atoms with van der Waals surface area (Å²) in [5.41, 5.74) is -2.14. The smallest absolute Gasteiger partial charge is 0.317 e. The average Bonchev–Trinajstić information content (AvgIpc) is 3.90. The Bertz CT molecular complexity index is 3070. The third-order valence-corrected chi connectivity index (χ3v) is 6.79. The highest BCUT2D eigenvalue weighted by atomic mass is 15.2. The lowest BCUT2D eigenvalue weighted by Gasteiger charge is -2.07. The summed E-state index contributed by atoms with van der Waals surface area (Å²) in [6.07, 6.45) is 0. The number of hydrogen-bond donors (Lipinski definition) is 0. The molecule has 0 radical (unpaired) electrons. The molecule has 0 saturated carbocycles. The van der Waals surface area contributed by atoms with Crippen molar-refractivity contribution in [2.24, 2.45) is 30.0 Å². The number of aryl methyl sites for hydroxylation is 1. The summed E-state index contributed by atoms with van der Waals surface area (Å²) in [5.74, 6) is -3.39. The first-order valence-electron chi connectivity index (χ1n) is 13.9. The molecular weight excluding hydrogens is 682 g/mol. The Labute approximate surface area is 291 Å². The molecule has 0 aliphatic carbocycles. The highest BCUT2D eigenvalue weighted by Crippen LogP contribution is 2.27. The van der Waals surface area contributed by atoms with Gasteiger partial charge in [-0.1, -0.05) is 24.7 Å². The second-order valence-electron chi connectivity index (χ2n) is 9.81. The molecule has 0 atom stereocenters. The molecule has 0 unspecified atom stereocenters. The third-order valence-electron chi connectivity index (χ3n) is 6.79. The van der Waals surface area contributed by atoms with Gasteiger partial charge in [-0.2, -0.15) is 36.0 Å². The van der Waals surface area contributed by atoms with Gasteiger partial charge in [0.2, 0.25) is 11.0 Å². The quantitative estimate of drug-likeness (QED) is 0.180. The van der Waals surface area contributed by atoms with Crippen molar-refractivity contribution in [2.45, 2.75) is 6.92 Å². The first kappa shape index (κ1) is 31.8. The first-order chi connectivity index (χ1) is 25.7. The molecule has 0 aromatic carbocycles. The van der Waals surface area contributed by atoms with Crippen LogP contribution in [0.25, 0.3) is 36.2 Å².